The summed E-state index contributed by atoms with van der Waals surface area (Å²) in [4.78, 5) is 0. The van der Waals surface area contributed by atoms with Crippen LogP contribution in [0.2, 0.25) is 5.02 Å². The molecule has 0 saturated carbocycles. The lowest BCUT2D eigenvalue weighted by molar-refractivity contribution is 0.509. The Morgan fingerprint density at radius 1 is 1.35 bits per heavy atom. The van der Waals surface area contributed by atoms with Crippen LogP contribution in [0.5, 0.6) is 0 Å². The summed E-state index contributed by atoms with van der Waals surface area (Å²) < 4.78 is 2.10. The molecule has 0 saturated heterocycles. The van der Waals surface area contributed by atoms with Crippen molar-refractivity contribution < 1.29 is 0 Å². The molecule has 0 aliphatic carbocycles. The molecular formula is C13H16ClN3. The minimum Gasteiger partial charge on any atom is -0.317 e. The molecule has 1 heterocycles. The minimum absolute atomic E-state index is 0.587. The first-order valence-corrected chi connectivity index (χ1v) is 6.14. The third kappa shape index (κ3) is 3.30. The average Bonchev–Trinajstić information content (AvgIpc) is 2.65. The Morgan fingerprint density at radius 3 is 2.88 bits per heavy atom. The summed E-state index contributed by atoms with van der Waals surface area (Å²) in [7, 11) is 0. The van der Waals surface area contributed by atoms with Gasteiger partial charge >= 0.3 is 0 Å². The maximum absolute atomic E-state index is 5.97. The Bertz CT molecular complexity index is 491. The van der Waals surface area contributed by atoms with Gasteiger partial charge in [0.2, 0.25) is 0 Å². The average molecular weight is 250 g/mol. The fourth-order valence-corrected chi connectivity index (χ4v) is 2.00. The molecule has 4 heteroatoms. The summed E-state index contributed by atoms with van der Waals surface area (Å²) in [5.41, 5.74) is 1.16. The second-order valence-corrected chi connectivity index (χ2v) is 5.04. The van der Waals surface area contributed by atoms with Crippen LogP contribution < -0.4 is 0 Å². The molecule has 0 bridgehead atoms. The first-order chi connectivity index (χ1) is 8.15. The number of benzene rings is 1. The van der Waals surface area contributed by atoms with E-state index in [-0.39, 0.29) is 0 Å². The Morgan fingerprint density at radius 2 is 2.18 bits per heavy atom. The third-order valence-electron chi connectivity index (χ3n) is 2.51. The smallest absolute Gasteiger partial charge is 0.137 e. The summed E-state index contributed by atoms with van der Waals surface area (Å²) in [5, 5.41) is 8.90. The van der Waals surface area contributed by atoms with Crippen LogP contribution >= 0.6 is 11.6 Å². The molecule has 0 spiro atoms. The van der Waals surface area contributed by atoms with E-state index in [2.05, 4.69) is 34.7 Å². The van der Waals surface area contributed by atoms with Crippen LogP contribution in [-0.2, 0) is 13.0 Å². The quantitative estimate of drug-likeness (QED) is 0.833. The van der Waals surface area contributed by atoms with Gasteiger partial charge in [-0.25, -0.2) is 0 Å². The van der Waals surface area contributed by atoms with Gasteiger partial charge in [0.1, 0.15) is 12.2 Å². The van der Waals surface area contributed by atoms with E-state index in [0.29, 0.717) is 5.92 Å². The highest BCUT2D eigenvalue weighted by Gasteiger charge is 2.07. The highest BCUT2D eigenvalue weighted by atomic mass is 35.5. The van der Waals surface area contributed by atoms with Crippen LogP contribution in [0.15, 0.2) is 30.6 Å². The van der Waals surface area contributed by atoms with E-state index in [1.165, 1.54) is 0 Å². The fraction of sp³-hybridized carbons (Fsp3) is 0.385. The maximum Gasteiger partial charge on any atom is 0.137 e. The van der Waals surface area contributed by atoms with Gasteiger partial charge < -0.3 is 4.57 Å². The number of hydrogen-bond acceptors (Lipinski definition) is 2. The van der Waals surface area contributed by atoms with E-state index < -0.39 is 0 Å². The lowest BCUT2D eigenvalue weighted by Gasteiger charge is -2.09. The summed E-state index contributed by atoms with van der Waals surface area (Å²) in [6, 6.07) is 7.86. The van der Waals surface area contributed by atoms with Crippen molar-refractivity contribution in [2.75, 3.05) is 0 Å². The lowest BCUT2D eigenvalue weighted by Crippen LogP contribution is -2.08. The molecule has 17 heavy (non-hydrogen) atoms. The normalized spacial score (nSPS) is 11.1. The first kappa shape index (κ1) is 12.1. The van der Waals surface area contributed by atoms with Crippen LogP contribution in [0.4, 0.5) is 0 Å². The SMILES string of the molecule is CC(C)Cn1cnnc1Cc1cccc(Cl)c1. The number of aromatic nitrogens is 3. The number of nitrogens with zero attached hydrogens (tertiary/aromatic N) is 3. The molecule has 90 valence electrons. The van der Waals surface area contributed by atoms with Crippen molar-refractivity contribution in [2.24, 2.45) is 5.92 Å². The van der Waals surface area contributed by atoms with Crippen molar-refractivity contribution >= 4 is 11.6 Å². The Balaban J connectivity index is 2.16. The van der Waals surface area contributed by atoms with Crippen LogP contribution in [0, 0.1) is 5.92 Å². The molecule has 0 aliphatic heterocycles. The van der Waals surface area contributed by atoms with Gasteiger partial charge in [0.05, 0.1) is 0 Å². The van der Waals surface area contributed by atoms with Crippen LogP contribution in [0.25, 0.3) is 0 Å². The van der Waals surface area contributed by atoms with Gasteiger partial charge in [0.25, 0.3) is 0 Å². The van der Waals surface area contributed by atoms with Gasteiger partial charge in [-0.05, 0) is 23.6 Å². The molecule has 0 N–H and O–H groups in total. The van der Waals surface area contributed by atoms with E-state index in [4.69, 9.17) is 11.6 Å². The summed E-state index contributed by atoms with van der Waals surface area (Å²) in [6.07, 6.45) is 2.56. The molecule has 2 aromatic rings. The standard InChI is InChI=1S/C13H16ClN3/c1-10(2)8-17-9-15-16-13(17)7-11-4-3-5-12(14)6-11/h3-6,9-10H,7-8H2,1-2H3. The van der Waals surface area contributed by atoms with Gasteiger partial charge in [-0.15, -0.1) is 10.2 Å². The van der Waals surface area contributed by atoms with Gasteiger partial charge in [0, 0.05) is 18.0 Å². The second-order valence-electron chi connectivity index (χ2n) is 4.60. The zero-order valence-corrected chi connectivity index (χ0v) is 10.9. The zero-order valence-electron chi connectivity index (χ0n) is 10.1. The minimum atomic E-state index is 0.587. The molecule has 0 aliphatic rings. The van der Waals surface area contributed by atoms with Gasteiger partial charge in [0.15, 0.2) is 0 Å². The lowest BCUT2D eigenvalue weighted by atomic mass is 10.1. The molecular weight excluding hydrogens is 234 g/mol. The van der Waals surface area contributed by atoms with E-state index in [9.17, 15) is 0 Å². The van der Waals surface area contributed by atoms with Crippen molar-refractivity contribution in [3.8, 4) is 0 Å². The van der Waals surface area contributed by atoms with Crippen molar-refractivity contribution in [3.05, 3.63) is 47.0 Å². The van der Waals surface area contributed by atoms with Crippen molar-refractivity contribution in [1.29, 1.82) is 0 Å². The first-order valence-electron chi connectivity index (χ1n) is 5.76. The Hall–Kier alpha value is -1.35. The Kier molecular flexibility index (Phi) is 3.79. The predicted octanol–water partition coefficient (Wildman–Crippen LogP) is 3.18. The number of rotatable bonds is 4. The van der Waals surface area contributed by atoms with Crippen molar-refractivity contribution in [3.63, 3.8) is 0 Å². The summed E-state index contributed by atoms with van der Waals surface area (Å²) >= 11 is 5.97. The van der Waals surface area contributed by atoms with E-state index in [0.717, 1.165) is 29.4 Å². The molecule has 0 fully saturated rings. The van der Waals surface area contributed by atoms with E-state index >= 15 is 0 Å². The Labute approximate surface area is 106 Å². The van der Waals surface area contributed by atoms with Crippen LogP contribution in [0.1, 0.15) is 25.2 Å². The molecule has 1 aromatic heterocycles. The van der Waals surface area contributed by atoms with Crippen LogP contribution in [0.3, 0.4) is 0 Å². The van der Waals surface area contributed by atoms with Crippen molar-refractivity contribution in [2.45, 2.75) is 26.8 Å². The van der Waals surface area contributed by atoms with Gasteiger partial charge in [-0.3, -0.25) is 0 Å². The van der Waals surface area contributed by atoms with E-state index in [1.54, 1.807) is 6.33 Å². The predicted molar refractivity (Wildman–Crippen MR) is 69.1 cm³/mol. The molecule has 0 atom stereocenters. The summed E-state index contributed by atoms with van der Waals surface area (Å²) in [5.74, 6) is 1.57. The molecule has 3 nitrogen and oxygen atoms in total. The highest BCUT2D eigenvalue weighted by Crippen LogP contribution is 2.14. The topological polar surface area (TPSA) is 30.7 Å². The summed E-state index contributed by atoms with van der Waals surface area (Å²) in [6.45, 7) is 5.31. The van der Waals surface area contributed by atoms with Crippen molar-refractivity contribution in [1.82, 2.24) is 14.8 Å². The number of hydrogen-bond donors (Lipinski definition) is 0. The van der Waals surface area contributed by atoms with Gasteiger partial charge in [-0.1, -0.05) is 37.6 Å². The zero-order chi connectivity index (χ0) is 12.3. The second kappa shape index (κ2) is 5.32. The third-order valence-corrected chi connectivity index (χ3v) is 2.74. The maximum atomic E-state index is 5.97. The number of halogens is 1. The largest absolute Gasteiger partial charge is 0.317 e. The van der Waals surface area contributed by atoms with E-state index in [1.807, 2.05) is 18.2 Å². The monoisotopic (exact) mass is 249 g/mol. The molecule has 0 radical (unpaired) electrons. The fourth-order valence-electron chi connectivity index (χ4n) is 1.79. The molecule has 0 unspecified atom stereocenters. The van der Waals surface area contributed by atoms with Crippen LogP contribution in [-0.4, -0.2) is 14.8 Å². The van der Waals surface area contributed by atoms with Gasteiger partial charge in [-0.2, -0.15) is 0 Å². The molecule has 2 rings (SSSR count). The highest BCUT2D eigenvalue weighted by molar-refractivity contribution is 6.30. The molecule has 0 amide bonds. The molecule has 1 aromatic carbocycles.